The van der Waals surface area contributed by atoms with Crippen LogP contribution in [0.15, 0.2) is 22.7 Å². The molecule has 5 nitrogen and oxygen atoms in total. The molecule has 6 heteroatoms. The van der Waals surface area contributed by atoms with Crippen LogP contribution >= 0.6 is 11.6 Å². The van der Waals surface area contributed by atoms with Gasteiger partial charge in [-0.05, 0) is 38.1 Å². The molecule has 20 heavy (non-hydrogen) atoms. The standard InChI is InChI=1S/C14H16ClN3O2/c1-16-7-10-6-11(15)4-5-12(10)19-8-13-17-14(20-18-13)9-2-3-9/h4-6,9,16H,2-3,7-8H2,1H3. The van der Waals surface area contributed by atoms with Crippen LogP contribution in [0.3, 0.4) is 0 Å². The van der Waals surface area contributed by atoms with E-state index in [2.05, 4.69) is 15.5 Å². The first-order valence-electron chi connectivity index (χ1n) is 6.64. The van der Waals surface area contributed by atoms with E-state index in [9.17, 15) is 0 Å². The van der Waals surface area contributed by atoms with E-state index in [1.54, 1.807) is 0 Å². The number of hydrogen-bond acceptors (Lipinski definition) is 5. The van der Waals surface area contributed by atoms with Gasteiger partial charge in [-0.25, -0.2) is 0 Å². The Labute approximate surface area is 122 Å². The lowest BCUT2D eigenvalue weighted by molar-refractivity contribution is 0.282. The molecule has 0 atom stereocenters. The van der Waals surface area contributed by atoms with Gasteiger partial charge in [-0.1, -0.05) is 16.8 Å². The topological polar surface area (TPSA) is 60.2 Å². The van der Waals surface area contributed by atoms with E-state index in [0.717, 1.165) is 30.0 Å². The molecule has 0 aliphatic heterocycles. The van der Waals surface area contributed by atoms with E-state index < -0.39 is 0 Å². The van der Waals surface area contributed by atoms with E-state index in [4.69, 9.17) is 20.9 Å². The minimum atomic E-state index is 0.300. The Morgan fingerprint density at radius 3 is 3.05 bits per heavy atom. The van der Waals surface area contributed by atoms with Gasteiger partial charge in [-0.3, -0.25) is 0 Å². The van der Waals surface area contributed by atoms with Crippen LogP contribution < -0.4 is 10.1 Å². The number of rotatable bonds is 6. The lowest BCUT2D eigenvalue weighted by Crippen LogP contribution is -2.08. The second-order valence-electron chi connectivity index (χ2n) is 4.89. The van der Waals surface area contributed by atoms with Crippen molar-refractivity contribution in [1.82, 2.24) is 15.5 Å². The number of aromatic nitrogens is 2. The molecule has 0 radical (unpaired) electrons. The van der Waals surface area contributed by atoms with Crippen molar-refractivity contribution in [1.29, 1.82) is 0 Å². The van der Waals surface area contributed by atoms with Crippen LogP contribution in [0.5, 0.6) is 5.75 Å². The zero-order valence-electron chi connectivity index (χ0n) is 11.2. The molecule has 1 heterocycles. The summed E-state index contributed by atoms with van der Waals surface area (Å²) in [6.07, 6.45) is 2.29. The van der Waals surface area contributed by atoms with Gasteiger partial charge in [0.25, 0.3) is 0 Å². The average Bonchev–Trinajstić information content (AvgIpc) is 3.18. The number of ether oxygens (including phenoxy) is 1. The molecule has 1 N–H and O–H groups in total. The highest BCUT2D eigenvalue weighted by Gasteiger charge is 2.29. The fourth-order valence-corrected chi connectivity index (χ4v) is 2.18. The van der Waals surface area contributed by atoms with Crippen molar-refractivity contribution in [2.75, 3.05) is 7.05 Å². The molecular weight excluding hydrogens is 278 g/mol. The second kappa shape index (κ2) is 5.81. The van der Waals surface area contributed by atoms with Crippen molar-refractivity contribution in [2.45, 2.75) is 31.9 Å². The van der Waals surface area contributed by atoms with Gasteiger partial charge in [0.15, 0.2) is 6.61 Å². The maximum atomic E-state index is 5.99. The van der Waals surface area contributed by atoms with Gasteiger partial charge in [0.2, 0.25) is 11.7 Å². The summed E-state index contributed by atoms with van der Waals surface area (Å²) in [6.45, 7) is 0.990. The summed E-state index contributed by atoms with van der Waals surface area (Å²) >= 11 is 5.99. The molecule has 1 saturated carbocycles. The molecule has 106 valence electrons. The maximum absolute atomic E-state index is 5.99. The normalized spacial score (nSPS) is 14.5. The zero-order chi connectivity index (χ0) is 13.9. The molecule has 1 aromatic heterocycles. The first kappa shape index (κ1) is 13.4. The Morgan fingerprint density at radius 2 is 2.30 bits per heavy atom. The molecule has 3 rings (SSSR count). The highest BCUT2D eigenvalue weighted by Crippen LogP contribution is 2.38. The summed E-state index contributed by atoms with van der Waals surface area (Å²) in [5.41, 5.74) is 1.01. The molecular formula is C14H16ClN3O2. The third-order valence-electron chi connectivity index (χ3n) is 3.16. The first-order chi connectivity index (χ1) is 9.76. The Kier molecular flexibility index (Phi) is 3.89. The molecule has 2 aromatic rings. The van der Waals surface area contributed by atoms with Crippen molar-refractivity contribution < 1.29 is 9.26 Å². The fourth-order valence-electron chi connectivity index (χ4n) is 1.98. The largest absolute Gasteiger partial charge is 0.485 e. The lowest BCUT2D eigenvalue weighted by atomic mass is 10.2. The quantitative estimate of drug-likeness (QED) is 0.887. The van der Waals surface area contributed by atoms with Gasteiger partial charge in [0.1, 0.15) is 5.75 Å². The van der Waals surface area contributed by atoms with Crippen molar-refractivity contribution in [3.63, 3.8) is 0 Å². The lowest BCUT2D eigenvalue weighted by Gasteiger charge is -2.10. The molecule has 0 spiro atoms. The maximum Gasteiger partial charge on any atom is 0.229 e. The van der Waals surface area contributed by atoms with Gasteiger partial charge in [-0.15, -0.1) is 0 Å². The number of hydrogen-bond donors (Lipinski definition) is 1. The van der Waals surface area contributed by atoms with Crippen LogP contribution in [0, 0.1) is 0 Å². The average molecular weight is 294 g/mol. The molecule has 1 fully saturated rings. The summed E-state index contributed by atoms with van der Waals surface area (Å²) in [5.74, 6) is 2.56. The van der Waals surface area contributed by atoms with E-state index >= 15 is 0 Å². The van der Waals surface area contributed by atoms with E-state index in [1.165, 1.54) is 0 Å². The molecule has 0 saturated heterocycles. The predicted molar refractivity (Wildman–Crippen MR) is 74.8 cm³/mol. The molecule has 0 unspecified atom stereocenters. The van der Waals surface area contributed by atoms with Crippen molar-refractivity contribution >= 4 is 11.6 Å². The highest BCUT2D eigenvalue weighted by molar-refractivity contribution is 6.30. The minimum Gasteiger partial charge on any atom is -0.485 e. The third-order valence-corrected chi connectivity index (χ3v) is 3.39. The summed E-state index contributed by atoms with van der Waals surface area (Å²) in [6, 6.07) is 5.55. The van der Waals surface area contributed by atoms with E-state index in [0.29, 0.717) is 29.9 Å². The van der Waals surface area contributed by atoms with Crippen molar-refractivity contribution in [2.24, 2.45) is 0 Å². The molecule has 0 bridgehead atoms. The molecule has 0 amide bonds. The van der Waals surface area contributed by atoms with E-state index in [-0.39, 0.29) is 0 Å². The number of nitrogens with zero attached hydrogens (tertiary/aromatic N) is 2. The van der Waals surface area contributed by atoms with Crippen molar-refractivity contribution in [3.05, 3.63) is 40.5 Å². The Morgan fingerprint density at radius 1 is 1.45 bits per heavy atom. The summed E-state index contributed by atoms with van der Waals surface area (Å²) in [4.78, 5) is 4.34. The number of halogens is 1. The van der Waals surface area contributed by atoms with Gasteiger partial charge in [-0.2, -0.15) is 4.98 Å². The summed E-state index contributed by atoms with van der Waals surface area (Å²) in [7, 11) is 1.88. The fraction of sp³-hybridized carbons (Fsp3) is 0.429. The van der Waals surface area contributed by atoms with Gasteiger partial charge < -0.3 is 14.6 Å². The van der Waals surface area contributed by atoms with Crippen LogP contribution in [0.4, 0.5) is 0 Å². The van der Waals surface area contributed by atoms with Gasteiger partial charge in [0, 0.05) is 23.0 Å². The van der Waals surface area contributed by atoms with Gasteiger partial charge >= 0.3 is 0 Å². The second-order valence-corrected chi connectivity index (χ2v) is 5.33. The first-order valence-corrected chi connectivity index (χ1v) is 7.02. The van der Waals surface area contributed by atoms with Crippen molar-refractivity contribution in [3.8, 4) is 5.75 Å². The number of nitrogens with one attached hydrogen (secondary N) is 1. The molecule has 1 aromatic carbocycles. The van der Waals surface area contributed by atoms with Crippen LogP contribution in [0.25, 0.3) is 0 Å². The highest BCUT2D eigenvalue weighted by atomic mass is 35.5. The van der Waals surface area contributed by atoms with Crippen LogP contribution in [-0.2, 0) is 13.2 Å². The zero-order valence-corrected chi connectivity index (χ0v) is 12.0. The minimum absolute atomic E-state index is 0.300. The Balaban J connectivity index is 1.67. The van der Waals surface area contributed by atoms with Gasteiger partial charge in [0.05, 0.1) is 0 Å². The third kappa shape index (κ3) is 3.11. The summed E-state index contributed by atoms with van der Waals surface area (Å²) in [5, 5.41) is 7.71. The van der Waals surface area contributed by atoms with Crippen LogP contribution in [0.2, 0.25) is 5.02 Å². The predicted octanol–water partition coefficient (Wildman–Crippen LogP) is 2.90. The number of benzene rings is 1. The van der Waals surface area contributed by atoms with Crippen LogP contribution in [0.1, 0.15) is 36.0 Å². The smallest absolute Gasteiger partial charge is 0.229 e. The molecule has 1 aliphatic carbocycles. The Hall–Kier alpha value is -1.59. The molecule has 1 aliphatic rings. The SMILES string of the molecule is CNCc1cc(Cl)ccc1OCc1noc(C2CC2)n1. The monoisotopic (exact) mass is 293 g/mol. The van der Waals surface area contributed by atoms with Crippen LogP contribution in [-0.4, -0.2) is 17.2 Å². The van der Waals surface area contributed by atoms with E-state index in [1.807, 2.05) is 25.2 Å². The summed E-state index contributed by atoms with van der Waals surface area (Å²) < 4.78 is 11.0. The Bertz CT molecular complexity index is 596.